The molecule has 1 heterocycles. The summed E-state index contributed by atoms with van der Waals surface area (Å²) in [6.45, 7) is 13.2. The number of hydrogen-bond acceptors (Lipinski definition) is 5. The number of carbonyl (C=O) groups is 1. The highest BCUT2D eigenvalue weighted by Gasteiger charge is 2.28. The smallest absolute Gasteiger partial charge is 0.155 e. The average Bonchev–Trinajstić information content (AvgIpc) is 2.61. The zero-order valence-electron chi connectivity index (χ0n) is 19.5. The van der Waals surface area contributed by atoms with E-state index in [1.165, 1.54) is 5.69 Å². The minimum atomic E-state index is -3.07. The van der Waals surface area contributed by atoms with E-state index in [1.807, 2.05) is 0 Å². The first-order chi connectivity index (χ1) is 13.9. The molecule has 0 radical (unpaired) electrons. The van der Waals surface area contributed by atoms with Gasteiger partial charge in [0.15, 0.2) is 9.84 Å². The minimum absolute atomic E-state index is 0.198. The van der Waals surface area contributed by atoms with Gasteiger partial charge in [0.1, 0.15) is 5.78 Å². The summed E-state index contributed by atoms with van der Waals surface area (Å²) in [7, 11) is -3.07. The zero-order valence-corrected chi connectivity index (χ0v) is 20.3. The summed E-state index contributed by atoms with van der Waals surface area (Å²) in [6.07, 6.45) is 3.53. The molecule has 0 bridgehead atoms. The van der Waals surface area contributed by atoms with Crippen molar-refractivity contribution in [2.45, 2.75) is 90.6 Å². The first-order valence-electron chi connectivity index (χ1n) is 11.1. The summed E-state index contributed by atoms with van der Waals surface area (Å²) in [4.78, 5) is 14.8. The molecule has 2 atom stereocenters. The third-order valence-corrected chi connectivity index (χ3v) is 8.49. The van der Waals surface area contributed by atoms with Gasteiger partial charge in [-0.1, -0.05) is 12.5 Å². The quantitative estimate of drug-likeness (QED) is 0.533. The van der Waals surface area contributed by atoms with E-state index in [0.29, 0.717) is 19.3 Å². The molecule has 0 saturated carbocycles. The Morgan fingerprint density at radius 1 is 1.10 bits per heavy atom. The van der Waals surface area contributed by atoms with Gasteiger partial charge in [-0.3, -0.25) is 4.79 Å². The van der Waals surface area contributed by atoms with Gasteiger partial charge in [0.25, 0.3) is 0 Å². The molecule has 1 aliphatic rings. The van der Waals surface area contributed by atoms with Crippen LogP contribution in [0.1, 0.15) is 71.4 Å². The predicted molar refractivity (Wildman–Crippen MR) is 124 cm³/mol. The Morgan fingerprint density at radius 3 is 2.30 bits per heavy atom. The number of rotatable bonds is 9. The second kappa shape index (κ2) is 10.3. The van der Waals surface area contributed by atoms with E-state index in [-0.39, 0.29) is 23.7 Å². The third-order valence-electron chi connectivity index (χ3n) is 5.80. The van der Waals surface area contributed by atoms with Crippen LogP contribution in [0.4, 0.5) is 5.69 Å². The van der Waals surface area contributed by atoms with E-state index in [9.17, 15) is 13.2 Å². The molecule has 0 spiro atoms. The number of ether oxygens (including phenoxy) is 1. The number of morpholine rings is 1. The van der Waals surface area contributed by atoms with E-state index in [0.717, 1.165) is 37.1 Å². The van der Waals surface area contributed by atoms with Gasteiger partial charge in [-0.15, -0.1) is 0 Å². The molecular weight excluding hydrogens is 398 g/mol. The van der Waals surface area contributed by atoms with Crippen LogP contribution < -0.4 is 4.90 Å². The van der Waals surface area contributed by atoms with Crippen LogP contribution in [0.5, 0.6) is 0 Å². The van der Waals surface area contributed by atoms with Crippen LogP contribution in [0, 0.1) is 6.92 Å². The molecular formula is C24H39NO4S. The summed E-state index contributed by atoms with van der Waals surface area (Å²) in [6, 6.07) is 6.35. The molecule has 6 heteroatoms. The molecule has 2 rings (SSSR count). The molecule has 5 nitrogen and oxygen atoms in total. The Balaban J connectivity index is 1.80. The van der Waals surface area contributed by atoms with E-state index < -0.39 is 14.6 Å². The lowest BCUT2D eigenvalue weighted by Gasteiger charge is -2.37. The number of nitrogens with zero attached hydrogens (tertiary/aromatic N) is 1. The normalized spacial score (nSPS) is 20.4. The second-order valence-corrected chi connectivity index (χ2v) is 12.6. The lowest BCUT2D eigenvalue weighted by atomic mass is 9.99. The van der Waals surface area contributed by atoms with Crippen molar-refractivity contribution in [3.8, 4) is 0 Å². The Kier molecular flexibility index (Phi) is 8.51. The van der Waals surface area contributed by atoms with Crippen LogP contribution in [0.3, 0.4) is 0 Å². The van der Waals surface area contributed by atoms with Crippen LogP contribution in [-0.4, -0.2) is 50.0 Å². The van der Waals surface area contributed by atoms with Gasteiger partial charge >= 0.3 is 0 Å². The minimum Gasteiger partial charge on any atom is -0.372 e. The summed E-state index contributed by atoms with van der Waals surface area (Å²) in [5, 5.41) is 0. The molecule has 1 aromatic rings. The number of aryl methyl sites for hydroxylation is 1. The number of benzene rings is 1. The first-order valence-corrected chi connectivity index (χ1v) is 12.8. The van der Waals surface area contributed by atoms with Crippen molar-refractivity contribution in [1.82, 2.24) is 0 Å². The number of anilines is 1. The van der Waals surface area contributed by atoms with E-state index in [2.05, 4.69) is 43.9 Å². The second-order valence-electron chi connectivity index (χ2n) is 9.73. The van der Waals surface area contributed by atoms with Crippen LogP contribution in [-0.2, 0) is 25.8 Å². The van der Waals surface area contributed by atoms with Crippen molar-refractivity contribution in [1.29, 1.82) is 0 Å². The maximum absolute atomic E-state index is 12.4. The number of sulfone groups is 1. The standard InChI is InChI=1S/C24H39NO4S/c1-18-14-22(25-16-19(2)29-20(3)17-25)12-11-21(18)15-23(26)10-8-7-9-13-30(27,28)24(4,5)6/h11-12,14,19-20H,7-10,13,15-17H2,1-6H3/t19-,20+. The van der Waals surface area contributed by atoms with Crippen molar-refractivity contribution < 1.29 is 17.9 Å². The summed E-state index contributed by atoms with van der Waals surface area (Å²) >= 11 is 0. The average molecular weight is 438 g/mol. The molecule has 1 fully saturated rings. The highest BCUT2D eigenvalue weighted by Crippen LogP contribution is 2.24. The number of unbranched alkanes of at least 4 members (excludes halogenated alkanes) is 2. The summed E-state index contributed by atoms with van der Waals surface area (Å²) in [5.74, 6) is 0.419. The molecule has 0 aromatic heterocycles. The molecule has 170 valence electrons. The van der Waals surface area contributed by atoms with Crippen LogP contribution in [0.2, 0.25) is 0 Å². The maximum atomic E-state index is 12.4. The molecule has 1 aliphatic heterocycles. The van der Waals surface area contributed by atoms with Crippen molar-refractivity contribution >= 4 is 21.3 Å². The van der Waals surface area contributed by atoms with Crippen LogP contribution >= 0.6 is 0 Å². The largest absolute Gasteiger partial charge is 0.372 e. The fourth-order valence-corrected chi connectivity index (χ4v) is 5.06. The molecule has 0 aliphatic carbocycles. The van der Waals surface area contributed by atoms with E-state index >= 15 is 0 Å². The lowest BCUT2D eigenvalue weighted by Crippen LogP contribution is -2.45. The SMILES string of the molecule is Cc1cc(N2C[C@@H](C)O[C@@H](C)C2)ccc1CC(=O)CCCCCS(=O)(=O)C(C)(C)C. The van der Waals surface area contributed by atoms with Gasteiger partial charge in [-0.25, -0.2) is 8.42 Å². The fourth-order valence-electron chi connectivity index (χ4n) is 3.86. The highest BCUT2D eigenvalue weighted by molar-refractivity contribution is 7.92. The Bertz CT molecular complexity index is 816. The van der Waals surface area contributed by atoms with Gasteiger partial charge < -0.3 is 9.64 Å². The molecule has 0 amide bonds. The first kappa shape index (κ1) is 24.9. The van der Waals surface area contributed by atoms with Gasteiger partial charge in [-0.05, 0) is 77.6 Å². The molecule has 1 saturated heterocycles. The Morgan fingerprint density at radius 2 is 1.73 bits per heavy atom. The molecule has 1 aromatic carbocycles. The molecule has 30 heavy (non-hydrogen) atoms. The van der Waals surface area contributed by atoms with Crippen molar-refractivity contribution in [3.05, 3.63) is 29.3 Å². The van der Waals surface area contributed by atoms with E-state index in [1.54, 1.807) is 20.8 Å². The number of hydrogen-bond donors (Lipinski definition) is 0. The van der Waals surface area contributed by atoms with Gasteiger partial charge in [0.2, 0.25) is 0 Å². The Labute approximate surface area is 183 Å². The predicted octanol–water partition coefficient (Wildman–Crippen LogP) is 4.49. The fraction of sp³-hybridized carbons (Fsp3) is 0.708. The summed E-state index contributed by atoms with van der Waals surface area (Å²) < 4.78 is 29.4. The zero-order chi connectivity index (χ0) is 22.5. The third kappa shape index (κ3) is 7.09. The van der Waals surface area contributed by atoms with Crippen molar-refractivity contribution in [2.75, 3.05) is 23.7 Å². The van der Waals surface area contributed by atoms with Crippen LogP contribution in [0.15, 0.2) is 18.2 Å². The number of carbonyl (C=O) groups excluding carboxylic acids is 1. The number of Topliss-reactive ketones (excluding diaryl/α,β-unsaturated/α-hetero) is 1. The monoisotopic (exact) mass is 437 g/mol. The van der Waals surface area contributed by atoms with E-state index in [4.69, 9.17) is 4.74 Å². The van der Waals surface area contributed by atoms with Gasteiger partial charge in [0.05, 0.1) is 22.7 Å². The topological polar surface area (TPSA) is 63.7 Å². The maximum Gasteiger partial charge on any atom is 0.155 e. The van der Waals surface area contributed by atoms with Crippen molar-refractivity contribution in [2.24, 2.45) is 0 Å². The number of ketones is 1. The lowest BCUT2D eigenvalue weighted by molar-refractivity contribution is -0.118. The summed E-state index contributed by atoms with van der Waals surface area (Å²) in [5.41, 5.74) is 3.41. The Hall–Kier alpha value is -1.40. The van der Waals surface area contributed by atoms with Gasteiger partial charge in [0, 0.05) is 31.6 Å². The van der Waals surface area contributed by atoms with Crippen molar-refractivity contribution in [3.63, 3.8) is 0 Å². The molecule has 0 unspecified atom stereocenters. The highest BCUT2D eigenvalue weighted by atomic mass is 32.2. The van der Waals surface area contributed by atoms with Crippen LogP contribution in [0.25, 0.3) is 0 Å². The molecule has 0 N–H and O–H groups in total. The van der Waals surface area contributed by atoms with Gasteiger partial charge in [-0.2, -0.15) is 0 Å².